The number of fused-ring (bicyclic) bond motifs is 7. The molecule has 0 radical (unpaired) electrons. The van der Waals surface area contributed by atoms with Crippen LogP contribution in [0.25, 0.3) is 158 Å². The van der Waals surface area contributed by atoms with E-state index < -0.39 is 0 Å². The second-order valence-electron chi connectivity index (χ2n) is 30.6. The van der Waals surface area contributed by atoms with Crippen LogP contribution in [0.2, 0.25) is 0 Å². The number of aliphatic hydroxyl groups excluding tert-OH is 4. The summed E-state index contributed by atoms with van der Waals surface area (Å²) >= 11 is 0. The molecule has 0 saturated carbocycles. The predicted molar refractivity (Wildman–Crippen MR) is 509 cm³/mol. The van der Waals surface area contributed by atoms with Gasteiger partial charge in [-0.05, 0) is 249 Å². The fourth-order valence-corrected chi connectivity index (χ4v) is 13.9. The Balaban J connectivity index is 0.000000118. The highest BCUT2D eigenvalue weighted by Crippen LogP contribution is 2.31. The van der Waals surface area contributed by atoms with Crippen molar-refractivity contribution < 1.29 is 48.5 Å². The van der Waals surface area contributed by atoms with Crippen molar-refractivity contribution >= 4 is 77.2 Å². The summed E-state index contributed by atoms with van der Waals surface area (Å²) in [6.07, 6.45) is 12.0. The van der Waals surface area contributed by atoms with Gasteiger partial charge in [0, 0.05) is 45.2 Å². The van der Waals surface area contributed by atoms with Crippen LogP contribution in [-0.2, 0) is 35.9 Å². The summed E-state index contributed by atoms with van der Waals surface area (Å²) in [5.41, 5.74) is 28.1. The molecule has 0 aliphatic heterocycles. The number of ether oxygens (including phenoxy) is 5. The van der Waals surface area contributed by atoms with E-state index >= 15 is 0 Å². The Hall–Kier alpha value is -16.0. The van der Waals surface area contributed by atoms with E-state index in [1.54, 1.807) is 64.6 Å². The summed E-state index contributed by atoms with van der Waals surface area (Å²) in [5.74, 6) is 6.63. The van der Waals surface area contributed by atoms with Gasteiger partial charge >= 0.3 is 0 Å². The third-order valence-electron chi connectivity index (χ3n) is 20.7. The van der Waals surface area contributed by atoms with Gasteiger partial charge in [-0.3, -0.25) is 15.0 Å². The number of imidazole rings is 7. The van der Waals surface area contributed by atoms with Gasteiger partial charge < -0.3 is 79.0 Å². The zero-order chi connectivity index (χ0) is 92.0. The molecule has 14 aromatic heterocycles. The fraction of sp³-hybridized carbons (Fsp3) is 0.168. The molecule has 30 nitrogen and oxygen atoms in total. The maximum Gasteiger partial charge on any atom is 0.161 e. The number of halogens is 1. The number of pyridine rings is 7. The van der Waals surface area contributed by atoms with Crippen LogP contribution in [0.4, 0.5) is 4.39 Å². The third-order valence-corrected chi connectivity index (χ3v) is 20.7. The van der Waals surface area contributed by atoms with Crippen LogP contribution >= 0.6 is 0 Å². The number of rotatable bonds is 20. The lowest BCUT2D eigenvalue weighted by molar-refractivity contribution is 0.146. The van der Waals surface area contributed by atoms with Crippen LogP contribution < -0.4 is 14.2 Å². The number of methoxy groups -OCH3 is 3. The number of aromatic nitrogens is 21. The molecule has 7 aromatic carbocycles. The van der Waals surface area contributed by atoms with E-state index in [4.69, 9.17) is 39.0 Å². The molecular weight excluding hydrogens is 1670 g/mol. The van der Waals surface area contributed by atoms with Crippen LogP contribution in [0.15, 0.2) is 256 Å². The zero-order valence-corrected chi connectivity index (χ0v) is 73.9. The molecule has 0 amide bonds. The first-order valence-corrected chi connectivity index (χ1v) is 42.2. The first-order valence-electron chi connectivity index (χ1n) is 42.2. The second kappa shape index (κ2) is 43.2. The Morgan fingerprint density at radius 3 is 0.902 bits per heavy atom. The number of hydrogen-bond donors (Lipinski definition) is 11. The van der Waals surface area contributed by atoms with Gasteiger partial charge in [0.1, 0.15) is 70.3 Å². The van der Waals surface area contributed by atoms with Gasteiger partial charge in [0.05, 0.1) is 136 Å². The first-order chi connectivity index (χ1) is 64.4. The van der Waals surface area contributed by atoms with Gasteiger partial charge in [-0.1, -0.05) is 60.7 Å². The van der Waals surface area contributed by atoms with Crippen molar-refractivity contribution in [1.29, 1.82) is 0 Å². The van der Waals surface area contributed by atoms with Crippen molar-refractivity contribution in [2.24, 2.45) is 0 Å². The lowest BCUT2D eigenvalue weighted by Gasteiger charge is -2.04. The molecule has 666 valence electrons. The van der Waals surface area contributed by atoms with Gasteiger partial charge in [-0.2, -0.15) is 0 Å². The van der Waals surface area contributed by atoms with Crippen molar-refractivity contribution in [3.8, 4) is 97.9 Å². The first kappa shape index (κ1) is 90.7. The molecule has 0 unspecified atom stereocenters. The SMILES string of the molecule is COCCOc1ccc(-c2nc3ccc(C)cc3[nH]2)nc1.COCCOc1ccc(-c2nc3ccc(CO)cc3[nH]2)nc1.COc1cccnc1-c1nc2ccc(CO)cc2[nH]1.Cc1ccc(-c2nc3ccc(CO)cc3[nH]2)nc1.Cc1ccc2nc(-c3ncccc3C)[nH]c2c1.Cc1ccc2nc(-c3ncccc3F)[nH]c2c1.Cc1cccnc1-c1nc2ccc(CO)cc2[nH]1. The molecular formula is C101H96FN21O9. The minimum Gasteiger partial charge on any atom is -0.494 e. The highest BCUT2D eigenvalue weighted by Gasteiger charge is 2.18. The molecule has 0 aliphatic rings. The maximum atomic E-state index is 13.6. The van der Waals surface area contributed by atoms with Gasteiger partial charge in [0.2, 0.25) is 0 Å². The number of aryl methyl sites for hydroxylation is 6. The van der Waals surface area contributed by atoms with Crippen molar-refractivity contribution in [2.75, 3.05) is 47.8 Å². The van der Waals surface area contributed by atoms with Crippen molar-refractivity contribution in [1.82, 2.24) is 105 Å². The summed E-state index contributed by atoms with van der Waals surface area (Å²) in [6.45, 7) is 14.4. The summed E-state index contributed by atoms with van der Waals surface area (Å²) in [5, 5.41) is 36.5. The highest BCUT2D eigenvalue weighted by atomic mass is 19.1. The Morgan fingerprint density at radius 1 is 0.280 bits per heavy atom. The Kier molecular flexibility index (Phi) is 29.7. The van der Waals surface area contributed by atoms with E-state index in [2.05, 4.69) is 137 Å². The second-order valence-corrected chi connectivity index (χ2v) is 30.6. The molecule has 31 heteroatoms. The fourth-order valence-electron chi connectivity index (χ4n) is 13.9. The van der Waals surface area contributed by atoms with Crippen molar-refractivity contribution in [2.45, 2.75) is 68.0 Å². The molecule has 0 aliphatic carbocycles. The average molecular weight is 1770 g/mol. The van der Waals surface area contributed by atoms with E-state index in [1.807, 2.05) is 216 Å². The molecule has 0 atom stereocenters. The monoisotopic (exact) mass is 1770 g/mol. The van der Waals surface area contributed by atoms with Crippen LogP contribution in [0.3, 0.4) is 0 Å². The quantitative estimate of drug-likeness (QED) is 0.0316. The van der Waals surface area contributed by atoms with Gasteiger partial charge in [0.15, 0.2) is 46.6 Å². The molecule has 11 N–H and O–H groups in total. The van der Waals surface area contributed by atoms with Gasteiger partial charge in [-0.15, -0.1) is 0 Å². The number of H-pyrrole nitrogens is 7. The van der Waals surface area contributed by atoms with Gasteiger partial charge in [-0.25, -0.2) is 59.2 Å². The Morgan fingerprint density at radius 2 is 0.576 bits per heavy atom. The summed E-state index contributed by atoms with van der Waals surface area (Å²) in [6, 6.07) is 66.7. The average Bonchev–Trinajstić information content (AvgIpc) is 1.42. The third kappa shape index (κ3) is 22.7. The van der Waals surface area contributed by atoms with E-state index in [-0.39, 0.29) is 37.9 Å². The molecule has 0 saturated heterocycles. The molecule has 21 rings (SSSR count). The van der Waals surface area contributed by atoms with Crippen LogP contribution in [0.5, 0.6) is 17.2 Å². The number of benzene rings is 7. The van der Waals surface area contributed by atoms with E-state index in [0.29, 0.717) is 61.1 Å². The van der Waals surface area contributed by atoms with Crippen LogP contribution in [0.1, 0.15) is 55.6 Å². The molecule has 0 spiro atoms. The Labute approximate surface area is 757 Å². The van der Waals surface area contributed by atoms with Crippen molar-refractivity contribution in [3.63, 3.8) is 0 Å². The number of hydrogen-bond acceptors (Lipinski definition) is 23. The Bertz CT molecular complexity index is 7320. The minimum absolute atomic E-state index is 0.00997. The van der Waals surface area contributed by atoms with E-state index in [1.165, 1.54) is 17.2 Å². The summed E-state index contributed by atoms with van der Waals surface area (Å²) in [7, 11) is 4.88. The standard InChI is InChI=1S/C16H17N3O3.C16H17N3O2.C14H13N3O2.2C14H13N3O.C14H13N3.C13H10FN3/c1-21-6-7-22-12-3-5-14(17-9-12)16-18-13-4-2-11(10-20)8-15(13)19-16;1-11-3-5-13-15(9-11)19-16(18-13)14-6-4-12(10-17-14)21-8-7-20-2;1-19-12-3-2-6-15-13(12)14-16-10-5-4-9(8-18)7-11(10)17-14;1-9-2-4-12(15-7-9)14-16-11-5-3-10(8-18)6-13(11)17-14;1-9-3-2-6-15-13(9)14-16-11-5-4-10(8-18)7-12(11)17-14;1-9-5-6-11-12(8-9)17-14(16-11)13-10(2)4-3-7-15-13;1-8-4-5-10-11(7-8)17-13(16-10)12-9(14)3-2-6-15-12/h2-5,8-9,20H,6-7,10H2,1H3,(H,18,19);3-6,9-10H,7-8H2,1-2H3,(H,18,19);2-7,18H,8H2,1H3,(H,16,17);2*2-7,18H,8H2,1H3,(H,16,17);3-8H,1-2H3,(H,16,17);2-7H,1H3,(H,16,17). The number of nitrogens with one attached hydrogen (secondary N) is 7. The van der Waals surface area contributed by atoms with Crippen LogP contribution in [0, 0.1) is 47.4 Å². The largest absolute Gasteiger partial charge is 0.494 e. The lowest BCUT2D eigenvalue weighted by Crippen LogP contribution is -2.04. The molecule has 0 bridgehead atoms. The molecule has 21 aromatic rings. The topological polar surface area (TPSA) is 418 Å². The molecule has 0 fully saturated rings. The number of aromatic amines is 7. The maximum absolute atomic E-state index is 13.6. The highest BCUT2D eigenvalue weighted by molar-refractivity contribution is 5.85. The lowest BCUT2D eigenvalue weighted by atomic mass is 10.2. The number of nitrogens with zero attached hydrogens (tertiary/aromatic N) is 14. The predicted octanol–water partition coefficient (Wildman–Crippen LogP) is 18.4. The molecule has 132 heavy (non-hydrogen) atoms. The zero-order valence-electron chi connectivity index (χ0n) is 73.9. The summed E-state index contributed by atoms with van der Waals surface area (Å²) < 4.78 is 39.7. The van der Waals surface area contributed by atoms with E-state index in [0.717, 1.165) is 179 Å². The van der Waals surface area contributed by atoms with Crippen molar-refractivity contribution in [3.05, 3.63) is 317 Å². The minimum atomic E-state index is -0.372. The van der Waals surface area contributed by atoms with Crippen LogP contribution in [-0.4, -0.2) is 173 Å². The smallest absolute Gasteiger partial charge is 0.161 e. The van der Waals surface area contributed by atoms with E-state index in [9.17, 15) is 9.50 Å². The summed E-state index contributed by atoms with van der Waals surface area (Å²) in [4.78, 5) is 84.1. The van der Waals surface area contributed by atoms with Gasteiger partial charge in [0.25, 0.3) is 0 Å². The normalized spacial score (nSPS) is 11.0. The molecule has 14 heterocycles. The number of aliphatic hydroxyl groups is 4.